The lowest BCUT2D eigenvalue weighted by Crippen LogP contribution is -2.16. The Morgan fingerprint density at radius 3 is 1.85 bits per heavy atom. The Balaban J connectivity index is 2.19. The summed E-state index contributed by atoms with van der Waals surface area (Å²) in [6, 6.07) is 15.0. The van der Waals surface area contributed by atoms with E-state index in [1.54, 1.807) is 11.3 Å². The number of hydrogen-bond acceptors (Lipinski definition) is 2. The summed E-state index contributed by atoms with van der Waals surface area (Å²) < 4.78 is 0. The third kappa shape index (κ3) is 3.96. The minimum atomic E-state index is 0.0573. The predicted molar refractivity (Wildman–Crippen MR) is 119 cm³/mol. The molecule has 3 aromatic rings. The van der Waals surface area contributed by atoms with E-state index in [-0.39, 0.29) is 10.8 Å². The number of thiophene rings is 1. The Morgan fingerprint density at radius 1 is 0.778 bits per heavy atom. The molecule has 0 spiro atoms. The molecule has 2 heteroatoms. The zero-order chi connectivity index (χ0) is 20.0. The van der Waals surface area contributed by atoms with Gasteiger partial charge in [-0.3, -0.25) is 0 Å². The van der Waals surface area contributed by atoms with Crippen molar-refractivity contribution in [2.75, 3.05) is 0 Å². The first-order chi connectivity index (χ1) is 12.5. The molecule has 0 amide bonds. The number of aromatic hydroxyl groups is 1. The maximum Gasteiger partial charge on any atom is 0.142 e. The van der Waals surface area contributed by atoms with Crippen molar-refractivity contribution in [3.8, 4) is 27.3 Å². The van der Waals surface area contributed by atoms with E-state index >= 15 is 0 Å². The number of aryl methyl sites for hydroxylation is 1. The van der Waals surface area contributed by atoms with Gasteiger partial charge in [-0.1, -0.05) is 71.9 Å². The highest BCUT2D eigenvalue weighted by molar-refractivity contribution is 7.14. The minimum absolute atomic E-state index is 0.0573. The average molecular weight is 379 g/mol. The maximum atomic E-state index is 11.1. The lowest BCUT2D eigenvalue weighted by molar-refractivity contribution is 0.481. The Hall–Kier alpha value is -2.06. The third-order valence-electron chi connectivity index (χ3n) is 5.13. The van der Waals surface area contributed by atoms with Crippen molar-refractivity contribution in [3.05, 3.63) is 64.5 Å². The summed E-state index contributed by atoms with van der Waals surface area (Å²) >= 11 is 1.62. The predicted octanol–water partition coefficient (Wildman–Crippen LogP) is 7.69. The van der Waals surface area contributed by atoms with Crippen molar-refractivity contribution in [1.82, 2.24) is 0 Å². The molecule has 0 radical (unpaired) electrons. The van der Waals surface area contributed by atoms with Crippen LogP contribution in [-0.2, 0) is 10.8 Å². The number of hydrogen-bond donors (Lipinski definition) is 1. The summed E-state index contributed by atoms with van der Waals surface area (Å²) in [5.41, 5.74) is 7.02. The molecule has 0 atom stereocenters. The molecule has 2 aromatic carbocycles. The summed E-state index contributed by atoms with van der Waals surface area (Å²) in [6.45, 7) is 15.5. The molecule has 0 saturated carbocycles. The zero-order valence-corrected chi connectivity index (χ0v) is 18.3. The lowest BCUT2D eigenvalue weighted by atomic mass is 9.79. The van der Waals surface area contributed by atoms with Crippen LogP contribution in [0, 0.1) is 6.92 Å². The maximum absolute atomic E-state index is 11.1. The van der Waals surface area contributed by atoms with Gasteiger partial charge in [0.15, 0.2) is 0 Å². The Morgan fingerprint density at radius 2 is 1.33 bits per heavy atom. The molecule has 1 aromatic heterocycles. The van der Waals surface area contributed by atoms with Crippen LogP contribution >= 0.6 is 11.3 Å². The first-order valence-corrected chi connectivity index (χ1v) is 10.4. The summed E-state index contributed by atoms with van der Waals surface area (Å²) in [5.74, 6) is 0.389. The van der Waals surface area contributed by atoms with E-state index in [9.17, 15) is 5.11 Å². The number of benzene rings is 2. The van der Waals surface area contributed by atoms with Gasteiger partial charge in [-0.05, 0) is 57.7 Å². The van der Waals surface area contributed by atoms with Crippen LogP contribution in [0.4, 0.5) is 0 Å². The fourth-order valence-electron chi connectivity index (χ4n) is 3.25. The van der Waals surface area contributed by atoms with Gasteiger partial charge in [0.1, 0.15) is 5.75 Å². The molecular weight excluding hydrogens is 348 g/mol. The molecule has 0 aliphatic carbocycles. The standard InChI is InChI=1S/C25H30OS/c1-16-10-8-9-11-20(16)21-15-27-23(22(21)26)17-12-18(24(2,3)4)14-19(13-17)25(5,6)7/h8-15,26H,1-7H3. The highest BCUT2D eigenvalue weighted by Crippen LogP contribution is 2.46. The van der Waals surface area contributed by atoms with E-state index in [0.717, 1.165) is 21.6 Å². The van der Waals surface area contributed by atoms with Crippen LogP contribution in [0.25, 0.3) is 21.6 Å². The van der Waals surface area contributed by atoms with Crippen LogP contribution in [0.15, 0.2) is 47.8 Å². The third-order valence-corrected chi connectivity index (χ3v) is 6.15. The molecule has 0 unspecified atom stereocenters. The Bertz CT molecular complexity index is 932. The molecule has 0 aliphatic heterocycles. The van der Waals surface area contributed by atoms with Gasteiger partial charge in [-0.2, -0.15) is 0 Å². The van der Waals surface area contributed by atoms with Crippen LogP contribution in [0.3, 0.4) is 0 Å². The highest BCUT2D eigenvalue weighted by atomic mass is 32.1. The normalized spacial score (nSPS) is 12.4. The van der Waals surface area contributed by atoms with Crippen molar-refractivity contribution in [3.63, 3.8) is 0 Å². The highest BCUT2D eigenvalue weighted by Gasteiger charge is 2.23. The fourth-order valence-corrected chi connectivity index (χ4v) is 4.20. The second-order valence-electron chi connectivity index (χ2n) is 9.44. The van der Waals surface area contributed by atoms with Crippen molar-refractivity contribution in [2.24, 2.45) is 0 Å². The van der Waals surface area contributed by atoms with Crippen LogP contribution in [-0.4, -0.2) is 5.11 Å². The van der Waals surface area contributed by atoms with Crippen molar-refractivity contribution in [1.29, 1.82) is 0 Å². The molecule has 1 nitrogen and oxygen atoms in total. The van der Waals surface area contributed by atoms with E-state index in [0.29, 0.717) is 5.75 Å². The molecule has 27 heavy (non-hydrogen) atoms. The second kappa shape index (κ2) is 6.83. The zero-order valence-electron chi connectivity index (χ0n) is 17.5. The SMILES string of the molecule is Cc1ccccc1-c1csc(-c2cc(C(C)(C)C)cc(C(C)(C)C)c2)c1O. The molecular formula is C25H30OS. The van der Waals surface area contributed by atoms with Crippen LogP contribution in [0.1, 0.15) is 58.2 Å². The van der Waals surface area contributed by atoms with E-state index in [2.05, 4.69) is 84.2 Å². The van der Waals surface area contributed by atoms with E-state index in [4.69, 9.17) is 0 Å². The van der Waals surface area contributed by atoms with Gasteiger partial charge in [-0.25, -0.2) is 0 Å². The molecule has 0 aliphatic rings. The number of rotatable bonds is 2. The van der Waals surface area contributed by atoms with Crippen molar-refractivity contribution >= 4 is 11.3 Å². The Kier molecular flexibility index (Phi) is 4.98. The fraction of sp³-hybridized carbons (Fsp3) is 0.360. The van der Waals surface area contributed by atoms with Gasteiger partial charge in [0.25, 0.3) is 0 Å². The molecule has 0 bridgehead atoms. The quantitative estimate of drug-likeness (QED) is 0.484. The Labute approximate surface area is 167 Å². The van der Waals surface area contributed by atoms with Gasteiger partial charge < -0.3 is 5.11 Å². The van der Waals surface area contributed by atoms with Gasteiger partial charge in [0.05, 0.1) is 4.88 Å². The molecule has 3 rings (SSSR count). The largest absolute Gasteiger partial charge is 0.506 e. The summed E-state index contributed by atoms with van der Waals surface area (Å²) in [7, 11) is 0. The first kappa shape index (κ1) is 19.7. The minimum Gasteiger partial charge on any atom is -0.506 e. The first-order valence-electron chi connectivity index (χ1n) is 9.51. The van der Waals surface area contributed by atoms with Crippen LogP contribution in [0.5, 0.6) is 5.75 Å². The van der Waals surface area contributed by atoms with Crippen molar-refractivity contribution in [2.45, 2.75) is 59.3 Å². The average Bonchev–Trinajstić information content (AvgIpc) is 2.95. The smallest absolute Gasteiger partial charge is 0.142 e. The van der Waals surface area contributed by atoms with E-state index in [1.807, 2.05) is 12.1 Å². The molecule has 0 saturated heterocycles. The van der Waals surface area contributed by atoms with Gasteiger partial charge in [0, 0.05) is 10.9 Å². The molecule has 1 heterocycles. The molecule has 1 N–H and O–H groups in total. The van der Waals surface area contributed by atoms with Gasteiger partial charge in [-0.15, -0.1) is 11.3 Å². The molecule has 142 valence electrons. The van der Waals surface area contributed by atoms with Gasteiger partial charge >= 0.3 is 0 Å². The summed E-state index contributed by atoms with van der Waals surface area (Å²) in [6.07, 6.45) is 0. The molecule has 0 fully saturated rings. The summed E-state index contributed by atoms with van der Waals surface area (Å²) in [5, 5.41) is 13.1. The topological polar surface area (TPSA) is 20.2 Å². The van der Waals surface area contributed by atoms with E-state index < -0.39 is 0 Å². The van der Waals surface area contributed by atoms with Crippen LogP contribution < -0.4 is 0 Å². The van der Waals surface area contributed by atoms with Gasteiger partial charge in [0.2, 0.25) is 0 Å². The van der Waals surface area contributed by atoms with E-state index in [1.165, 1.54) is 16.7 Å². The lowest BCUT2D eigenvalue weighted by Gasteiger charge is -2.26. The van der Waals surface area contributed by atoms with Crippen molar-refractivity contribution < 1.29 is 5.11 Å². The van der Waals surface area contributed by atoms with Crippen LogP contribution in [0.2, 0.25) is 0 Å². The monoisotopic (exact) mass is 378 g/mol. The summed E-state index contributed by atoms with van der Waals surface area (Å²) in [4.78, 5) is 0.949. The second-order valence-corrected chi connectivity index (χ2v) is 10.3.